The van der Waals surface area contributed by atoms with Gasteiger partial charge in [0, 0.05) is 31.0 Å². The monoisotopic (exact) mass is 187 g/mol. The molecule has 0 spiro atoms. The maximum Gasteiger partial charge on any atom is 0.133 e. The van der Waals surface area contributed by atoms with Crippen molar-refractivity contribution >= 4 is 11.8 Å². The third kappa shape index (κ3) is 2.37. The molecule has 1 heterocycles. The molecule has 0 aromatic carbocycles. The van der Waals surface area contributed by atoms with Crippen molar-refractivity contribution in [1.82, 2.24) is 0 Å². The van der Waals surface area contributed by atoms with Gasteiger partial charge in [0.25, 0.3) is 0 Å². The second kappa shape index (κ2) is 4.70. The van der Waals surface area contributed by atoms with E-state index in [-0.39, 0.29) is 12.0 Å². The minimum absolute atomic E-state index is 0.0569. The molecule has 1 aliphatic rings. The molecule has 4 heteroatoms. The maximum atomic E-state index is 9.19. The molecule has 3 nitrogen and oxygen atoms in total. The maximum absolute atomic E-state index is 9.19. The average molecular weight is 187 g/mol. The van der Waals surface area contributed by atoms with E-state index in [4.69, 9.17) is 10.00 Å². The summed E-state index contributed by atoms with van der Waals surface area (Å²) in [5.41, 5.74) is -0.0569. The Morgan fingerprint density at radius 1 is 1.50 bits per heavy atom. The van der Waals surface area contributed by atoms with Gasteiger partial charge in [0.05, 0.1) is 0 Å². The molecule has 0 unspecified atom stereocenters. The van der Waals surface area contributed by atoms with Crippen LogP contribution in [0.2, 0.25) is 0 Å². The number of hydrogen-bond acceptors (Lipinski definition) is 4. The SMILES string of the molecule is N#CSCC1(CO)CCOCC1. The van der Waals surface area contributed by atoms with Gasteiger partial charge in [0.2, 0.25) is 0 Å². The number of thiocyanates is 1. The third-order valence-electron chi connectivity index (χ3n) is 2.33. The van der Waals surface area contributed by atoms with Gasteiger partial charge in [0.15, 0.2) is 0 Å². The Hall–Kier alpha value is -0.240. The lowest BCUT2D eigenvalue weighted by atomic mass is 9.83. The highest BCUT2D eigenvalue weighted by atomic mass is 32.2. The van der Waals surface area contributed by atoms with E-state index in [1.54, 1.807) is 0 Å². The van der Waals surface area contributed by atoms with Gasteiger partial charge in [-0.25, -0.2) is 0 Å². The third-order valence-corrected chi connectivity index (χ3v) is 3.22. The van der Waals surface area contributed by atoms with Crippen molar-refractivity contribution in [2.75, 3.05) is 25.6 Å². The number of ether oxygens (including phenoxy) is 1. The first kappa shape index (κ1) is 9.85. The quantitative estimate of drug-likeness (QED) is 0.669. The van der Waals surface area contributed by atoms with Crippen LogP contribution in [0.1, 0.15) is 12.8 Å². The van der Waals surface area contributed by atoms with Crippen molar-refractivity contribution in [3.05, 3.63) is 0 Å². The van der Waals surface area contributed by atoms with E-state index in [1.807, 2.05) is 5.40 Å². The predicted molar refractivity (Wildman–Crippen MR) is 47.6 cm³/mol. The van der Waals surface area contributed by atoms with Crippen LogP contribution in [-0.4, -0.2) is 30.7 Å². The molecule has 1 N–H and O–H groups in total. The summed E-state index contributed by atoms with van der Waals surface area (Å²) in [5.74, 6) is 0.726. The van der Waals surface area contributed by atoms with E-state index in [0.717, 1.165) is 18.6 Å². The number of aliphatic hydroxyl groups is 1. The highest BCUT2D eigenvalue weighted by molar-refractivity contribution is 8.03. The molecule has 1 saturated heterocycles. The van der Waals surface area contributed by atoms with Crippen LogP contribution in [0.3, 0.4) is 0 Å². The fraction of sp³-hybridized carbons (Fsp3) is 0.875. The van der Waals surface area contributed by atoms with Crippen molar-refractivity contribution in [1.29, 1.82) is 5.26 Å². The van der Waals surface area contributed by atoms with Crippen molar-refractivity contribution < 1.29 is 9.84 Å². The van der Waals surface area contributed by atoms with Crippen LogP contribution < -0.4 is 0 Å². The first-order chi connectivity index (χ1) is 5.83. The molecular formula is C8H13NO2S. The summed E-state index contributed by atoms with van der Waals surface area (Å²) in [4.78, 5) is 0. The van der Waals surface area contributed by atoms with E-state index in [0.29, 0.717) is 13.2 Å². The van der Waals surface area contributed by atoms with E-state index in [1.165, 1.54) is 11.8 Å². The Kier molecular flexibility index (Phi) is 3.86. The molecule has 0 bridgehead atoms. The summed E-state index contributed by atoms with van der Waals surface area (Å²) in [7, 11) is 0. The van der Waals surface area contributed by atoms with E-state index < -0.39 is 0 Å². The molecule has 0 radical (unpaired) electrons. The summed E-state index contributed by atoms with van der Waals surface area (Å²) in [5, 5.41) is 19.6. The van der Waals surface area contributed by atoms with Crippen molar-refractivity contribution in [3.8, 4) is 5.40 Å². The van der Waals surface area contributed by atoms with E-state index >= 15 is 0 Å². The number of rotatable bonds is 3. The van der Waals surface area contributed by atoms with E-state index in [2.05, 4.69) is 0 Å². The molecule has 1 fully saturated rings. The largest absolute Gasteiger partial charge is 0.396 e. The predicted octanol–water partition coefficient (Wildman–Crippen LogP) is 0.990. The van der Waals surface area contributed by atoms with Gasteiger partial charge >= 0.3 is 0 Å². The number of nitriles is 1. The van der Waals surface area contributed by atoms with Gasteiger partial charge in [-0.15, -0.1) is 0 Å². The first-order valence-corrected chi connectivity index (χ1v) is 5.01. The Balaban J connectivity index is 2.43. The summed E-state index contributed by atoms with van der Waals surface area (Å²) in [6.45, 7) is 1.60. The molecule has 12 heavy (non-hydrogen) atoms. The lowest BCUT2D eigenvalue weighted by Crippen LogP contribution is -2.35. The Morgan fingerprint density at radius 3 is 2.67 bits per heavy atom. The number of thioether (sulfide) groups is 1. The fourth-order valence-electron chi connectivity index (χ4n) is 1.34. The van der Waals surface area contributed by atoms with Crippen LogP contribution in [0.5, 0.6) is 0 Å². The standard InChI is InChI=1S/C8H13NO2S/c9-7-12-6-8(5-10)1-3-11-4-2-8/h10H,1-6H2. The van der Waals surface area contributed by atoms with Gasteiger partial charge < -0.3 is 9.84 Å². The number of nitrogens with zero attached hydrogens (tertiary/aromatic N) is 1. The van der Waals surface area contributed by atoms with Gasteiger partial charge in [-0.2, -0.15) is 5.26 Å². The zero-order valence-electron chi connectivity index (χ0n) is 6.95. The minimum Gasteiger partial charge on any atom is -0.396 e. The van der Waals surface area contributed by atoms with Gasteiger partial charge in [0.1, 0.15) is 5.40 Å². The van der Waals surface area contributed by atoms with E-state index in [9.17, 15) is 5.11 Å². The molecule has 0 aromatic heterocycles. The molecule has 0 amide bonds. The Bertz CT molecular complexity index is 172. The number of aliphatic hydroxyl groups excluding tert-OH is 1. The van der Waals surface area contributed by atoms with Gasteiger partial charge in [-0.3, -0.25) is 0 Å². The van der Waals surface area contributed by atoms with Crippen molar-refractivity contribution in [3.63, 3.8) is 0 Å². The average Bonchev–Trinajstić information content (AvgIpc) is 2.16. The molecule has 1 rings (SSSR count). The zero-order valence-corrected chi connectivity index (χ0v) is 7.77. The van der Waals surface area contributed by atoms with Gasteiger partial charge in [-0.05, 0) is 24.6 Å². The van der Waals surface area contributed by atoms with Gasteiger partial charge in [-0.1, -0.05) is 0 Å². The zero-order chi connectivity index (χ0) is 8.86. The molecule has 0 aromatic rings. The highest BCUT2D eigenvalue weighted by Crippen LogP contribution is 2.33. The normalized spacial score (nSPS) is 21.7. The lowest BCUT2D eigenvalue weighted by molar-refractivity contribution is -0.00270. The van der Waals surface area contributed by atoms with Crippen LogP contribution in [0.4, 0.5) is 0 Å². The van der Waals surface area contributed by atoms with Crippen LogP contribution in [0.25, 0.3) is 0 Å². The Morgan fingerprint density at radius 2 is 2.17 bits per heavy atom. The summed E-state index contributed by atoms with van der Waals surface area (Å²) in [6, 6.07) is 0. The topological polar surface area (TPSA) is 53.2 Å². The second-order valence-corrected chi connectivity index (χ2v) is 3.91. The van der Waals surface area contributed by atoms with Crippen LogP contribution in [0.15, 0.2) is 0 Å². The lowest BCUT2D eigenvalue weighted by Gasteiger charge is -2.34. The Labute approximate surface area is 76.7 Å². The summed E-state index contributed by atoms with van der Waals surface area (Å²) in [6.07, 6.45) is 1.75. The molecule has 0 saturated carbocycles. The second-order valence-electron chi connectivity index (χ2n) is 3.15. The number of hydrogen-bond donors (Lipinski definition) is 1. The highest BCUT2D eigenvalue weighted by Gasteiger charge is 2.31. The molecule has 0 aliphatic carbocycles. The minimum atomic E-state index is -0.0569. The molecular weight excluding hydrogens is 174 g/mol. The first-order valence-electron chi connectivity index (χ1n) is 4.02. The van der Waals surface area contributed by atoms with Crippen LogP contribution >= 0.6 is 11.8 Å². The van der Waals surface area contributed by atoms with Crippen LogP contribution in [-0.2, 0) is 4.74 Å². The van der Waals surface area contributed by atoms with Crippen molar-refractivity contribution in [2.24, 2.45) is 5.41 Å². The van der Waals surface area contributed by atoms with Crippen LogP contribution in [0, 0.1) is 16.1 Å². The summed E-state index contributed by atoms with van der Waals surface area (Å²) < 4.78 is 5.20. The van der Waals surface area contributed by atoms with Crippen molar-refractivity contribution in [2.45, 2.75) is 12.8 Å². The fourth-order valence-corrected chi connectivity index (χ4v) is 2.09. The molecule has 68 valence electrons. The molecule has 1 aliphatic heterocycles. The molecule has 0 atom stereocenters. The summed E-state index contributed by atoms with van der Waals surface area (Å²) >= 11 is 1.23. The smallest absolute Gasteiger partial charge is 0.133 e.